The fourth-order valence-corrected chi connectivity index (χ4v) is 3.51. The molecule has 2 atom stereocenters. The van der Waals surface area contributed by atoms with Crippen molar-refractivity contribution < 1.29 is 9.59 Å². The number of nitrogens with one attached hydrogen (secondary N) is 1. The van der Waals surface area contributed by atoms with E-state index in [1.54, 1.807) is 6.92 Å². The molecule has 0 aromatic rings. The van der Waals surface area contributed by atoms with Crippen molar-refractivity contribution in [3.05, 3.63) is 0 Å². The van der Waals surface area contributed by atoms with Gasteiger partial charge >= 0.3 is 0 Å². The number of carbonyl (C=O) groups is 2. The summed E-state index contributed by atoms with van der Waals surface area (Å²) in [5.74, 6) is 0.567. The van der Waals surface area contributed by atoms with E-state index in [2.05, 4.69) is 19.2 Å². The van der Waals surface area contributed by atoms with Gasteiger partial charge < -0.3 is 10.2 Å². The van der Waals surface area contributed by atoms with Crippen LogP contribution in [0.2, 0.25) is 0 Å². The zero-order chi connectivity index (χ0) is 14.7. The van der Waals surface area contributed by atoms with Crippen LogP contribution in [0.5, 0.6) is 0 Å². The van der Waals surface area contributed by atoms with E-state index in [-0.39, 0.29) is 29.9 Å². The van der Waals surface area contributed by atoms with Gasteiger partial charge in [-0.15, -0.1) is 0 Å². The van der Waals surface area contributed by atoms with Gasteiger partial charge in [0.2, 0.25) is 11.8 Å². The van der Waals surface area contributed by atoms with E-state index >= 15 is 0 Å². The minimum absolute atomic E-state index is 0.0371. The zero-order valence-corrected chi connectivity index (χ0v) is 13.0. The fourth-order valence-electron chi connectivity index (χ4n) is 3.51. The van der Waals surface area contributed by atoms with Gasteiger partial charge in [0.05, 0.1) is 0 Å². The van der Waals surface area contributed by atoms with Crippen LogP contribution < -0.4 is 5.32 Å². The molecular formula is C16H28N2O2. The van der Waals surface area contributed by atoms with Gasteiger partial charge in [-0.25, -0.2) is 0 Å². The van der Waals surface area contributed by atoms with E-state index in [1.165, 1.54) is 25.7 Å². The average molecular weight is 280 g/mol. The van der Waals surface area contributed by atoms with E-state index in [0.29, 0.717) is 5.92 Å². The molecular weight excluding hydrogens is 252 g/mol. The van der Waals surface area contributed by atoms with Gasteiger partial charge in [-0.1, -0.05) is 39.5 Å². The van der Waals surface area contributed by atoms with Crippen LogP contribution >= 0.6 is 0 Å². The molecule has 2 rings (SSSR count). The summed E-state index contributed by atoms with van der Waals surface area (Å²) in [6.07, 6.45) is 7.75. The first kappa shape index (κ1) is 15.3. The van der Waals surface area contributed by atoms with Gasteiger partial charge in [0.1, 0.15) is 12.1 Å². The van der Waals surface area contributed by atoms with Crippen molar-refractivity contribution in [2.45, 2.75) is 83.8 Å². The van der Waals surface area contributed by atoms with E-state index in [0.717, 1.165) is 19.3 Å². The summed E-state index contributed by atoms with van der Waals surface area (Å²) in [7, 11) is 0. The Morgan fingerprint density at radius 1 is 1.15 bits per heavy atom. The Hall–Kier alpha value is -1.06. The SMILES string of the molecule is CC(C)CC1C(=O)NC(C)C(=O)N1C1CCCCCC1. The first-order valence-corrected chi connectivity index (χ1v) is 8.13. The van der Waals surface area contributed by atoms with Crippen molar-refractivity contribution >= 4 is 11.8 Å². The third kappa shape index (κ3) is 3.33. The Morgan fingerprint density at radius 2 is 1.75 bits per heavy atom. The second-order valence-electron chi connectivity index (χ2n) is 6.77. The number of nitrogens with zero attached hydrogens (tertiary/aromatic N) is 1. The molecule has 1 N–H and O–H groups in total. The average Bonchev–Trinajstić information content (AvgIpc) is 2.64. The molecule has 0 spiro atoms. The topological polar surface area (TPSA) is 49.4 Å². The third-order valence-corrected chi connectivity index (χ3v) is 4.53. The number of hydrogen-bond acceptors (Lipinski definition) is 2. The molecule has 1 aliphatic carbocycles. The van der Waals surface area contributed by atoms with Gasteiger partial charge in [-0.3, -0.25) is 9.59 Å². The largest absolute Gasteiger partial charge is 0.343 e. The first-order chi connectivity index (χ1) is 9.50. The second kappa shape index (κ2) is 6.59. The lowest BCUT2D eigenvalue weighted by Gasteiger charge is -2.43. The Kier molecular flexibility index (Phi) is 5.06. The second-order valence-corrected chi connectivity index (χ2v) is 6.77. The smallest absolute Gasteiger partial charge is 0.245 e. The molecule has 0 bridgehead atoms. The van der Waals surface area contributed by atoms with Crippen LogP contribution in [0.3, 0.4) is 0 Å². The normalized spacial score (nSPS) is 29.5. The van der Waals surface area contributed by atoms with E-state index in [1.807, 2.05) is 4.90 Å². The van der Waals surface area contributed by atoms with E-state index < -0.39 is 0 Å². The first-order valence-electron chi connectivity index (χ1n) is 8.13. The molecule has 114 valence electrons. The van der Waals surface area contributed by atoms with Crippen molar-refractivity contribution in [3.63, 3.8) is 0 Å². The highest BCUT2D eigenvalue weighted by Gasteiger charge is 2.42. The maximum Gasteiger partial charge on any atom is 0.245 e. The molecule has 4 heteroatoms. The summed E-state index contributed by atoms with van der Waals surface area (Å²) in [5.41, 5.74) is 0. The number of hydrogen-bond donors (Lipinski definition) is 1. The number of amides is 2. The summed E-state index contributed by atoms with van der Waals surface area (Å²) < 4.78 is 0. The van der Waals surface area contributed by atoms with Crippen LogP contribution in [0, 0.1) is 5.92 Å². The van der Waals surface area contributed by atoms with Gasteiger partial charge in [0.15, 0.2) is 0 Å². The molecule has 2 unspecified atom stereocenters. The minimum Gasteiger partial charge on any atom is -0.343 e. The van der Waals surface area contributed by atoms with Gasteiger partial charge in [-0.2, -0.15) is 0 Å². The lowest BCUT2D eigenvalue weighted by Crippen LogP contribution is -2.65. The molecule has 1 aliphatic heterocycles. The van der Waals surface area contributed by atoms with Crippen LogP contribution in [0.25, 0.3) is 0 Å². The van der Waals surface area contributed by atoms with Gasteiger partial charge in [0.25, 0.3) is 0 Å². The Morgan fingerprint density at radius 3 is 2.30 bits per heavy atom. The zero-order valence-electron chi connectivity index (χ0n) is 13.0. The highest BCUT2D eigenvalue weighted by Crippen LogP contribution is 2.28. The monoisotopic (exact) mass is 280 g/mol. The summed E-state index contributed by atoms with van der Waals surface area (Å²) in [4.78, 5) is 26.8. The Labute approximate surface area is 122 Å². The predicted molar refractivity (Wildman–Crippen MR) is 79.2 cm³/mol. The standard InChI is InChI=1S/C16H28N2O2/c1-11(2)10-14-15(19)17-12(3)16(20)18(14)13-8-6-4-5-7-9-13/h11-14H,4-10H2,1-3H3,(H,17,19). The molecule has 0 radical (unpaired) electrons. The summed E-state index contributed by atoms with van der Waals surface area (Å²) in [6.45, 7) is 6.03. The summed E-state index contributed by atoms with van der Waals surface area (Å²) in [6, 6.07) is -0.363. The van der Waals surface area contributed by atoms with Crippen molar-refractivity contribution in [2.75, 3.05) is 0 Å². The van der Waals surface area contributed by atoms with Crippen LogP contribution in [-0.2, 0) is 9.59 Å². The summed E-state index contributed by atoms with van der Waals surface area (Å²) >= 11 is 0. The highest BCUT2D eigenvalue weighted by molar-refractivity contribution is 5.96. The van der Waals surface area contributed by atoms with E-state index in [4.69, 9.17) is 0 Å². The Balaban J connectivity index is 2.20. The number of carbonyl (C=O) groups excluding carboxylic acids is 2. The summed E-state index contributed by atoms with van der Waals surface area (Å²) in [5, 5.41) is 2.84. The molecule has 2 amide bonds. The number of piperazine rings is 1. The number of rotatable bonds is 3. The molecule has 2 aliphatic rings. The molecule has 1 saturated heterocycles. The lowest BCUT2D eigenvalue weighted by atomic mass is 9.94. The Bertz CT molecular complexity index is 359. The quantitative estimate of drug-likeness (QED) is 0.807. The van der Waals surface area contributed by atoms with Crippen molar-refractivity contribution in [1.82, 2.24) is 10.2 Å². The molecule has 4 nitrogen and oxygen atoms in total. The van der Waals surface area contributed by atoms with Crippen LogP contribution in [-0.4, -0.2) is 34.8 Å². The van der Waals surface area contributed by atoms with Crippen molar-refractivity contribution in [2.24, 2.45) is 5.92 Å². The van der Waals surface area contributed by atoms with Crippen molar-refractivity contribution in [1.29, 1.82) is 0 Å². The highest BCUT2D eigenvalue weighted by atomic mass is 16.2. The van der Waals surface area contributed by atoms with Gasteiger partial charge in [-0.05, 0) is 32.1 Å². The molecule has 1 saturated carbocycles. The van der Waals surface area contributed by atoms with E-state index in [9.17, 15) is 9.59 Å². The maximum absolute atomic E-state index is 12.6. The molecule has 0 aromatic carbocycles. The minimum atomic E-state index is -0.367. The lowest BCUT2D eigenvalue weighted by molar-refractivity contribution is -0.152. The molecule has 2 fully saturated rings. The van der Waals surface area contributed by atoms with Gasteiger partial charge in [0, 0.05) is 6.04 Å². The van der Waals surface area contributed by atoms with Crippen LogP contribution in [0.15, 0.2) is 0 Å². The van der Waals surface area contributed by atoms with Crippen molar-refractivity contribution in [3.8, 4) is 0 Å². The predicted octanol–water partition coefficient (Wildman–Crippen LogP) is 2.47. The molecule has 1 heterocycles. The van der Waals surface area contributed by atoms with Crippen LogP contribution in [0.4, 0.5) is 0 Å². The van der Waals surface area contributed by atoms with Crippen LogP contribution in [0.1, 0.15) is 65.7 Å². The molecule has 20 heavy (non-hydrogen) atoms. The third-order valence-electron chi connectivity index (χ3n) is 4.53. The fraction of sp³-hybridized carbons (Fsp3) is 0.875. The molecule has 0 aromatic heterocycles. The maximum atomic E-state index is 12.6.